The quantitative estimate of drug-likeness (QED) is 0.449. The lowest BCUT2D eigenvalue weighted by Gasteiger charge is -2.61. The zero-order chi connectivity index (χ0) is 19.9. The van der Waals surface area contributed by atoms with Gasteiger partial charge in [-0.15, -0.1) is 0 Å². The lowest BCUT2D eigenvalue weighted by molar-refractivity contribution is -0.256. The fourth-order valence-electron chi connectivity index (χ4n) is 4.77. The number of aliphatic carboxylic acids is 1. The molecule has 2 N–H and O–H groups in total. The Kier molecular flexibility index (Phi) is 4.65. The number of hydrogen-bond acceptors (Lipinski definition) is 7. The highest BCUT2D eigenvalue weighted by Crippen LogP contribution is 2.55. The summed E-state index contributed by atoms with van der Waals surface area (Å²) < 4.78 is 22.8. The minimum absolute atomic E-state index is 0.0399. The minimum atomic E-state index is -1.21. The molecule has 1 aromatic carbocycles. The van der Waals surface area contributed by atoms with Crippen LogP contribution >= 0.6 is 0 Å². The van der Waals surface area contributed by atoms with Crippen molar-refractivity contribution >= 4 is 11.9 Å². The molecule has 8 heteroatoms. The lowest BCUT2D eigenvalue weighted by atomic mass is 9.55. The van der Waals surface area contributed by atoms with Crippen LogP contribution in [0.2, 0.25) is 0 Å². The topological polar surface area (TPSA) is 103 Å². The van der Waals surface area contributed by atoms with Crippen molar-refractivity contribution < 1.29 is 33.6 Å². The van der Waals surface area contributed by atoms with Gasteiger partial charge in [-0.1, -0.05) is 0 Å². The summed E-state index contributed by atoms with van der Waals surface area (Å²) in [6.45, 7) is 3.70. The van der Waals surface area contributed by atoms with Crippen LogP contribution in [0, 0.1) is 0 Å². The predicted molar refractivity (Wildman–Crippen MR) is 97.5 cm³/mol. The molecule has 3 aliphatic rings. The molecule has 8 nitrogen and oxygen atoms in total. The molecule has 0 saturated carbocycles. The maximum absolute atomic E-state index is 12.1. The molecule has 0 amide bonds. The third-order valence-electron chi connectivity index (χ3n) is 6.26. The number of carbonyl (C=O) groups is 2. The van der Waals surface area contributed by atoms with Crippen LogP contribution in [0.1, 0.15) is 24.5 Å². The molecule has 1 aliphatic carbocycles. The summed E-state index contributed by atoms with van der Waals surface area (Å²) in [6.07, 6.45) is 3.07. The van der Waals surface area contributed by atoms with E-state index in [1.165, 1.54) is 0 Å². The van der Waals surface area contributed by atoms with Crippen LogP contribution in [0.5, 0.6) is 11.5 Å². The smallest absolute Gasteiger partial charge is 0.336 e. The van der Waals surface area contributed by atoms with Gasteiger partial charge in [-0.05, 0) is 37.9 Å². The van der Waals surface area contributed by atoms with Crippen molar-refractivity contribution in [3.8, 4) is 11.5 Å². The number of hydrogen-bond donors (Lipinski definition) is 2. The molecule has 150 valence electrons. The van der Waals surface area contributed by atoms with Gasteiger partial charge in [-0.25, -0.2) is 9.59 Å². The molecular weight excluding hydrogens is 366 g/mol. The first-order chi connectivity index (χ1) is 13.4. The van der Waals surface area contributed by atoms with Gasteiger partial charge in [0.25, 0.3) is 0 Å². The number of benzene rings is 1. The second-order valence-electron chi connectivity index (χ2n) is 7.50. The average Bonchev–Trinajstić information content (AvgIpc) is 2.66. The number of nitrogens with one attached hydrogen (secondary N) is 1. The van der Waals surface area contributed by atoms with Gasteiger partial charge in [-0.2, -0.15) is 0 Å². The Labute approximate surface area is 162 Å². The van der Waals surface area contributed by atoms with Gasteiger partial charge in [0.15, 0.2) is 0 Å². The standard InChI is InChI=1S/C20H23NO7/c1-19-16-9-13-14(20(19,5-6-21-16)10-26-11-27-19)7-12(25-2)8-15(13)28-18(24)4-3-17(22)23/h3-4,7-8,16,21H,5-6,9-11H2,1-2H3,(H,22,23)/b4-3+/t16-,19+,20-/m1/s1. The van der Waals surface area contributed by atoms with E-state index in [2.05, 4.69) is 12.2 Å². The minimum Gasteiger partial charge on any atom is -0.497 e. The highest BCUT2D eigenvalue weighted by Gasteiger charge is 2.62. The summed E-state index contributed by atoms with van der Waals surface area (Å²) in [6, 6.07) is 3.67. The van der Waals surface area contributed by atoms with E-state index in [0.717, 1.165) is 36.2 Å². The van der Waals surface area contributed by atoms with E-state index in [1.807, 2.05) is 6.07 Å². The molecule has 0 unspecified atom stereocenters. The van der Waals surface area contributed by atoms with E-state index in [0.29, 0.717) is 24.5 Å². The van der Waals surface area contributed by atoms with Gasteiger partial charge in [0.2, 0.25) is 0 Å². The van der Waals surface area contributed by atoms with Crippen LogP contribution in [0.3, 0.4) is 0 Å². The number of carboxylic acids is 1. The first-order valence-electron chi connectivity index (χ1n) is 9.19. The van der Waals surface area contributed by atoms with Crippen LogP contribution in [0.15, 0.2) is 24.3 Å². The van der Waals surface area contributed by atoms with Crippen LogP contribution in [0.4, 0.5) is 0 Å². The molecule has 2 heterocycles. The summed E-state index contributed by atoms with van der Waals surface area (Å²) in [7, 11) is 1.55. The molecular formula is C20H23NO7. The molecule has 2 saturated heterocycles. The molecule has 1 aromatic rings. The zero-order valence-electron chi connectivity index (χ0n) is 15.8. The molecule has 0 spiro atoms. The van der Waals surface area contributed by atoms with Crippen LogP contribution < -0.4 is 14.8 Å². The number of rotatable bonds is 4. The Balaban J connectivity index is 1.81. The van der Waals surface area contributed by atoms with Crippen LogP contribution in [-0.4, -0.2) is 55.7 Å². The van der Waals surface area contributed by atoms with Gasteiger partial charge in [-0.3, -0.25) is 0 Å². The van der Waals surface area contributed by atoms with Gasteiger partial charge in [0.1, 0.15) is 18.3 Å². The fraction of sp³-hybridized carbons (Fsp3) is 0.500. The van der Waals surface area contributed by atoms with Crippen molar-refractivity contribution in [2.75, 3.05) is 27.1 Å². The lowest BCUT2D eigenvalue weighted by Crippen LogP contribution is -2.73. The largest absolute Gasteiger partial charge is 0.497 e. The second kappa shape index (κ2) is 6.88. The summed E-state index contributed by atoms with van der Waals surface area (Å²) in [5, 5.41) is 12.2. The first kappa shape index (κ1) is 18.9. The van der Waals surface area contributed by atoms with Crippen molar-refractivity contribution in [3.05, 3.63) is 35.4 Å². The average molecular weight is 389 g/mol. The zero-order valence-corrected chi connectivity index (χ0v) is 15.8. The molecule has 2 aliphatic heterocycles. The van der Waals surface area contributed by atoms with Gasteiger partial charge >= 0.3 is 11.9 Å². The molecule has 2 bridgehead atoms. The Bertz CT molecular complexity index is 847. The molecule has 4 rings (SSSR count). The van der Waals surface area contributed by atoms with E-state index in [4.69, 9.17) is 24.1 Å². The number of methoxy groups -OCH3 is 1. The van der Waals surface area contributed by atoms with Crippen molar-refractivity contribution in [1.82, 2.24) is 5.32 Å². The van der Waals surface area contributed by atoms with E-state index >= 15 is 0 Å². The molecule has 2 fully saturated rings. The number of esters is 1. The van der Waals surface area contributed by atoms with E-state index < -0.39 is 17.5 Å². The van der Waals surface area contributed by atoms with Gasteiger partial charge in [0.05, 0.1) is 24.7 Å². The highest BCUT2D eigenvalue weighted by molar-refractivity contribution is 5.92. The Hall–Kier alpha value is -2.42. The van der Waals surface area contributed by atoms with Crippen molar-refractivity contribution in [2.45, 2.75) is 36.8 Å². The molecule has 0 aromatic heterocycles. The number of piperidine rings is 1. The summed E-state index contributed by atoms with van der Waals surface area (Å²) in [4.78, 5) is 22.8. The van der Waals surface area contributed by atoms with E-state index in [9.17, 15) is 9.59 Å². The van der Waals surface area contributed by atoms with Crippen molar-refractivity contribution in [1.29, 1.82) is 0 Å². The summed E-state index contributed by atoms with van der Waals surface area (Å²) in [5.41, 5.74) is 1.05. The fourth-order valence-corrected chi connectivity index (χ4v) is 4.77. The van der Waals surface area contributed by atoms with Crippen molar-refractivity contribution in [3.63, 3.8) is 0 Å². The normalized spacial score (nSPS) is 31.0. The monoisotopic (exact) mass is 389 g/mol. The van der Waals surface area contributed by atoms with E-state index in [1.54, 1.807) is 13.2 Å². The van der Waals surface area contributed by atoms with Gasteiger partial charge in [0, 0.05) is 29.8 Å². The number of ether oxygens (including phenoxy) is 4. The predicted octanol–water partition coefficient (Wildman–Crippen LogP) is 1.16. The van der Waals surface area contributed by atoms with Crippen LogP contribution in [-0.2, 0) is 30.9 Å². The number of carboxylic acid groups (broad SMARTS) is 1. The number of carbonyl (C=O) groups excluding carboxylic acids is 1. The van der Waals surface area contributed by atoms with Crippen molar-refractivity contribution in [2.24, 2.45) is 0 Å². The third kappa shape index (κ3) is 2.80. The summed E-state index contributed by atoms with van der Waals surface area (Å²) in [5.74, 6) is -1.04. The number of fused-ring (bicyclic) bond motifs is 1. The SMILES string of the molecule is COc1cc(OC(=O)/C=C/C(=O)O)c2c(c1)[C@]13CCN[C@H](C2)[C@]1(C)OCOC3. The maximum atomic E-state index is 12.1. The van der Waals surface area contributed by atoms with E-state index in [-0.39, 0.29) is 18.2 Å². The molecule has 0 radical (unpaired) electrons. The Morgan fingerprint density at radius 1 is 1.36 bits per heavy atom. The van der Waals surface area contributed by atoms with Crippen LogP contribution in [0.25, 0.3) is 0 Å². The highest BCUT2D eigenvalue weighted by atomic mass is 16.7. The second-order valence-corrected chi connectivity index (χ2v) is 7.50. The first-order valence-corrected chi connectivity index (χ1v) is 9.19. The summed E-state index contributed by atoms with van der Waals surface area (Å²) >= 11 is 0. The Morgan fingerprint density at radius 3 is 2.93 bits per heavy atom. The van der Waals surface area contributed by atoms with Gasteiger partial charge < -0.3 is 29.4 Å². The molecule has 28 heavy (non-hydrogen) atoms. The molecule has 3 atom stereocenters. The maximum Gasteiger partial charge on any atom is 0.336 e. The third-order valence-corrected chi connectivity index (χ3v) is 6.26. The Morgan fingerprint density at radius 2 is 2.18 bits per heavy atom.